The standard InChI is InChI=1S/C12H13IN2O/c1-9-6-11(15(2)14-9)8-16-12-5-3-4-10(13)7-12/h3-7H,8H2,1-2H3. The van der Waals surface area contributed by atoms with Crippen LogP contribution in [-0.2, 0) is 13.7 Å². The first kappa shape index (κ1) is 11.4. The zero-order chi connectivity index (χ0) is 11.5. The fourth-order valence-electron chi connectivity index (χ4n) is 1.51. The molecule has 0 spiro atoms. The maximum atomic E-state index is 5.70. The van der Waals surface area contributed by atoms with E-state index in [2.05, 4.69) is 27.7 Å². The van der Waals surface area contributed by atoms with Crippen LogP contribution < -0.4 is 4.74 Å². The number of benzene rings is 1. The summed E-state index contributed by atoms with van der Waals surface area (Å²) in [6, 6.07) is 10.1. The summed E-state index contributed by atoms with van der Waals surface area (Å²) in [7, 11) is 1.93. The smallest absolute Gasteiger partial charge is 0.130 e. The van der Waals surface area contributed by atoms with Crippen LogP contribution in [0.4, 0.5) is 0 Å². The molecule has 0 fully saturated rings. The highest BCUT2D eigenvalue weighted by Crippen LogP contribution is 2.16. The SMILES string of the molecule is Cc1cc(COc2cccc(I)c2)n(C)n1. The number of aryl methyl sites for hydroxylation is 2. The number of nitrogens with zero attached hydrogens (tertiary/aromatic N) is 2. The first-order valence-corrected chi connectivity index (χ1v) is 6.11. The van der Waals surface area contributed by atoms with Gasteiger partial charge in [-0.25, -0.2) is 0 Å². The van der Waals surface area contributed by atoms with Crippen molar-refractivity contribution < 1.29 is 4.74 Å². The number of hydrogen-bond acceptors (Lipinski definition) is 2. The first-order chi connectivity index (χ1) is 7.65. The Kier molecular flexibility index (Phi) is 3.48. The predicted molar refractivity (Wildman–Crippen MR) is 71.4 cm³/mol. The molecule has 0 unspecified atom stereocenters. The second-order valence-corrected chi connectivity index (χ2v) is 4.89. The summed E-state index contributed by atoms with van der Waals surface area (Å²) in [6.45, 7) is 2.53. The minimum Gasteiger partial charge on any atom is -0.487 e. The zero-order valence-electron chi connectivity index (χ0n) is 9.27. The van der Waals surface area contributed by atoms with Crippen molar-refractivity contribution >= 4 is 22.6 Å². The van der Waals surface area contributed by atoms with Gasteiger partial charge in [-0.1, -0.05) is 6.07 Å². The summed E-state index contributed by atoms with van der Waals surface area (Å²) in [5, 5.41) is 4.28. The van der Waals surface area contributed by atoms with Crippen molar-refractivity contribution in [3.8, 4) is 5.75 Å². The summed E-state index contributed by atoms with van der Waals surface area (Å²) >= 11 is 2.27. The summed E-state index contributed by atoms with van der Waals surface area (Å²) in [6.07, 6.45) is 0. The topological polar surface area (TPSA) is 27.1 Å². The molecule has 0 radical (unpaired) electrons. The molecular weight excluding hydrogens is 315 g/mol. The second-order valence-electron chi connectivity index (χ2n) is 3.65. The quantitative estimate of drug-likeness (QED) is 0.810. The molecule has 0 amide bonds. The number of aromatic nitrogens is 2. The molecule has 1 aromatic heterocycles. The van der Waals surface area contributed by atoms with Gasteiger partial charge in [0.1, 0.15) is 12.4 Å². The lowest BCUT2D eigenvalue weighted by Crippen LogP contribution is -2.02. The summed E-state index contributed by atoms with van der Waals surface area (Å²) in [4.78, 5) is 0. The van der Waals surface area contributed by atoms with Crippen LogP contribution in [0.3, 0.4) is 0 Å². The fourth-order valence-corrected chi connectivity index (χ4v) is 2.03. The first-order valence-electron chi connectivity index (χ1n) is 5.03. The van der Waals surface area contributed by atoms with Gasteiger partial charge in [0.2, 0.25) is 0 Å². The van der Waals surface area contributed by atoms with Crippen LogP contribution >= 0.6 is 22.6 Å². The van der Waals surface area contributed by atoms with Gasteiger partial charge in [-0.3, -0.25) is 4.68 Å². The monoisotopic (exact) mass is 328 g/mol. The van der Waals surface area contributed by atoms with Gasteiger partial charge in [0, 0.05) is 10.6 Å². The van der Waals surface area contributed by atoms with Crippen molar-refractivity contribution in [2.45, 2.75) is 13.5 Å². The van der Waals surface area contributed by atoms with Gasteiger partial charge in [-0.15, -0.1) is 0 Å². The lowest BCUT2D eigenvalue weighted by Gasteiger charge is -2.06. The Hall–Kier alpha value is -1.04. The Bertz CT molecular complexity index is 494. The van der Waals surface area contributed by atoms with Gasteiger partial charge in [-0.2, -0.15) is 5.10 Å². The van der Waals surface area contributed by atoms with E-state index in [0.29, 0.717) is 6.61 Å². The summed E-state index contributed by atoms with van der Waals surface area (Å²) in [5.41, 5.74) is 2.10. The number of hydrogen-bond donors (Lipinski definition) is 0. The highest BCUT2D eigenvalue weighted by molar-refractivity contribution is 14.1. The maximum Gasteiger partial charge on any atom is 0.130 e. The van der Waals surface area contributed by atoms with E-state index >= 15 is 0 Å². The third-order valence-electron chi connectivity index (χ3n) is 2.28. The molecule has 0 saturated heterocycles. The average molecular weight is 328 g/mol. The molecule has 1 heterocycles. The Morgan fingerprint density at radius 2 is 2.19 bits per heavy atom. The van der Waals surface area contributed by atoms with E-state index in [0.717, 1.165) is 17.1 Å². The van der Waals surface area contributed by atoms with Gasteiger partial charge >= 0.3 is 0 Å². The summed E-state index contributed by atoms with van der Waals surface area (Å²) in [5.74, 6) is 0.894. The molecule has 2 aromatic rings. The lowest BCUT2D eigenvalue weighted by molar-refractivity contribution is 0.294. The highest BCUT2D eigenvalue weighted by Gasteiger charge is 2.02. The largest absolute Gasteiger partial charge is 0.487 e. The maximum absolute atomic E-state index is 5.70. The van der Waals surface area contributed by atoms with Crippen molar-refractivity contribution in [3.63, 3.8) is 0 Å². The third-order valence-corrected chi connectivity index (χ3v) is 2.95. The number of ether oxygens (including phenoxy) is 1. The van der Waals surface area contributed by atoms with Crippen LogP contribution in [0.15, 0.2) is 30.3 Å². The molecule has 3 nitrogen and oxygen atoms in total. The Morgan fingerprint density at radius 3 is 2.81 bits per heavy atom. The molecule has 84 valence electrons. The van der Waals surface area contributed by atoms with Crippen LogP contribution in [-0.4, -0.2) is 9.78 Å². The molecule has 0 aliphatic rings. The van der Waals surface area contributed by atoms with E-state index in [9.17, 15) is 0 Å². The molecule has 0 saturated carbocycles. The van der Waals surface area contributed by atoms with E-state index < -0.39 is 0 Å². The van der Waals surface area contributed by atoms with E-state index in [1.807, 2.05) is 49.0 Å². The Balaban J connectivity index is 2.05. The average Bonchev–Trinajstić information content (AvgIpc) is 2.54. The van der Waals surface area contributed by atoms with Gasteiger partial charge in [-0.05, 0) is 53.8 Å². The van der Waals surface area contributed by atoms with Gasteiger partial charge < -0.3 is 4.74 Å². The molecule has 0 aliphatic heterocycles. The van der Waals surface area contributed by atoms with Crippen LogP contribution in [0.25, 0.3) is 0 Å². The van der Waals surface area contributed by atoms with Crippen molar-refractivity contribution in [3.05, 3.63) is 45.3 Å². The van der Waals surface area contributed by atoms with E-state index in [1.165, 1.54) is 3.57 Å². The molecule has 2 rings (SSSR count). The minimum absolute atomic E-state index is 0.553. The third kappa shape index (κ3) is 2.75. The molecule has 0 bridgehead atoms. The van der Waals surface area contributed by atoms with Crippen LogP contribution in [0.2, 0.25) is 0 Å². The molecule has 0 N–H and O–H groups in total. The number of rotatable bonds is 3. The molecule has 0 atom stereocenters. The van der Waals surface area contributed by atoms with Crippen LogP contribution in [0.5, 0.6) is 5.75 Å². The molecular formula is C12H13IN2O. The normalized spacial score (nSPS) is 10.4. The van der Waals surface area contributed by atoms with Crippen LogP contribution in [0, 0.1) is 10.5 Å². The minimum atomic E-state index is 0.553. The highest BCUT2D eigenvalue weighted by atomic mass is 127. The summed E-state index contributed by atoms with van der Waals surface area (Å²) < 4.78 is 8.73. The van der Waals surface area contributed by atoms with Crippen molar-refractivity contribution in [1.82, 2.24) is 9.78 Å². The van der Waals surface area contributed by atoms with E-state index in [1.54, 1.807) is 0 Å². The van der Waals surface area contributed by atoms with Crippen LogP contribution in [0.1, 0.15) is 11.4 Å². The van der Waals surface area contributed by atoms with E-state index in [4.69, 9.17) is 4.74 Å². The van der Waals surface area contributed by atoms with Crippen molar-refractivity contribution in [2.24, 2.45) is 7.05 Å². The predicted octanol–water partition coefficient (Wildman–Crippen LogP) is 2.91. The molecule has 4 heteroatoms. The number of halogens is 1. The Morgan fingerprint density at radius 1 is 1.38 bits per heavy atom. The zero-order valence-corrected chi connectivity index (χ0v) is 11.4. The van der Waals surface area contributed by atoms with Gasteiger partial charge in [0.25, 0.3) is 0 Å². The van der Waals surface area contributed by atoms with Gasteiger partial charge in [0.15, 0.2) is 0 Å². The second kappa shape index (κ2) is 4.86. The lowest BCUT2D eigenvalue weighted by atomic mass is 10.3. The molecule has 16 heavy (non-hydrogen) atoms. The molecule has 1 aromatic carbocycles. The Labute approximate surface area is 109 Å². The van der Waals surface area contributed by atoms with Crippen molar-refractivity contribution in [2.75, 3.05) is 0 Å². The van der Waals surface area contributed by atoms with Gasteiger partial charge in [0.05, 0.1) is 11.4 Å². The fraction of sp³-hybridized carbons (Fsp3) is 0.250. The van der Waals surface area contributed by atoms with E-state index in [-0.39, 0.29) is 0 Å². The molecule has 0 aliphatic carbocycles. The van der Waals surface area contributed by atoms with Crippen molar-refractivity contribution in [1.29, 1.82) is 0 Å².